The third-order valence-corrected chi connectivity index (χ3v) is 4.87. The number of allylic oxidation sites excluding steroid dienone is 1. The van der Waals surface area contributed by atoms with E-state index in [2.05, 4.69) is 44.8 Å². The number of carbonyl (C=O) groups is 1. The lowest BCUT2D eigenvalue weighted by Crippen LogP contribution is -2.09. The van der Waals surface area contributed by atoms with Gasteiger partial charge in [0.2, 0.25) is 0 Å². The molecule has 1 aliphatic rings. The molecule has 25 heavy (non-hydrogen) atoms. The maximum Gasteiger partial charge on any atom is 0.303 e. The van der Waals surface area contributed by atoms with Gasteiger partial charge in [0.25, 0.3) is 0 Å². The molecule has 0 aromatic carbocycles. The summed E-state index contributed by atoms with van der Waals surface area (Å²) in [5, 5.41) is 17.9. The molecule has 0 aromatic heterocycles. The van der Waals surface area contributed by atoms with Crippen molar-refractivity contribution in [1.29, 1.82) is 0 Å². The molecule has 3 nitrogen and oxygen atoms in total. The standard InChI is InChI=1S/C14H22O.C8H16O2/c1-3-4-7-12(2)8-5-9-13-10-6-11-14(13)15;1-3-7(2)5-4-6-8(9)10/h5,9,12-15H,6-8,10-11H2,1-2H3;7H,3-6H2,1-2H3,(H,9,10)/b9-5+;/t12?,13?,14-;/m1./s1. The molecule has 1 aliphatic carbocycles. The molecule has 3 heteroatoms. The quantitative estimate of drug-likeness (QED) is 0.430. The summed E-state index contributed by atoms with van der Waals surface area (Å²) < 4.78 is 0. The van der Waals surface area contributed by atoms with Crippen molar-refractivity contribution in [3.63, 3.8) is 0 Å². The summed E-state index contributed by atoms with van der Waals surface area (Å²) in [5.41, 5.74) is 0. The molecule has 0 aliphatic heterocycles. The molecule has 0 radical (unpaired) electrons. The number of carboxylic acid groups (broad SMARTS) is 1. The summed E-state index contributed by atoms with van der Waals surface area (Å²) in [6, 6.07) is 0. The fourth-order valence-corrected chi connectivity index (χ4v) is 2.84. The molecule has 1 fully saturated rings. The predicted molar refractivity (Wildman–Crippen MR) is 105 cm³/mol. The first kappa shape index (κ1) is 23.7. The second-order valence-corrected chi connectivity index (χ2v) is 7.36. The van der Waals surface area contributed by atoms with Crippen molar-refractivity contribution in [3.05, 3.63) is 12.2 Å². The van der Waals surface area contributed by atoms with Crippen molar-refractivity contribution >= 4 is 5.97 Å². The zero-order chi connectivity index (χ0) is 19.1. The predicted octanol–water partition coefficient (Wildman–Crippen LogP) is 5.43. The van der Waals surface area contributed by atoms with Crippen LogP contribution >= 0.6 is 0 Å². The van der Waals surface area contributed by atoms with Crippen LogP contribution in [0.15, 0.2) is 12.2 Å². The van der Waals surface area contributed by atoms with Gasteiger partial charge in [-0.25, -0.2) is 0 Å². The average molecular weight is 351 g/mol. The number of rotatable bonds is 9. The van der Waals surface area contributed by atoms with Crippen molar-refractivity contribution < 1.29 is 15.0 Å². The highest BCUT2D eigenvalue weighted by molar-refractivity contribution is 5.66. The molecule has 0 saturated heterocycles. The Morgan fingerprint density at radius 3 is 2.52 bits per heavy atom. The van der Waals surface area contributed by atoms with Crippen LogP contribution in [0.4, 0.5) is 0 Å². The van der Waals surface area contributed by atoms with Gasteiger partial charge in [-0.2, -0.15) is 0 Å². The maximum atomic E-state index is 10.1. The van der Waals surface area contributed by atoms with E-state index in [1.165, 1.54) is 6.42 Å². The lowest BCUT2D eigenvalue weighted by Gasteiger charge is -2.09. The van der Waals surface area contributed by atoms with E-state index in [-0.39, 0.29) is 6.10 Å². The number of aliphatic carboxylic acids is 1. The molecule has 0 amide bonds. The van der Waals surface area contributed by atoms with Gasteiger partial charge in [-0.1, -0.05) is 52.2 Å². The van der Waals surface area contributed by atoms with E-state index in [1.807, 2.05) is 6.92 Å². The van der Waals surface area contributed by atoms with Gasteiger partial charge in [-0.3, -0.25) is 4.79 Å². The van der Waals surface area contributed by atoms with E-state index in [0.717, 1.165) is 44.9 Å². The normalized spacial score (nSPS) is 21.8. The van der Waals surface area contributed by atoms with Crippen LogP contribution in [0.1, 0.15) is 85.5 Å². The molecular formula is C22H38O3. The van der Waals surface area contributed by atoms with Crippen molar-refractivity contribution in [2.75, 3.05) is 0 Å². The Hall–Kier alpha value is -1.27. The Labute approximate surface area is 154 Å². The SMILES string of the molecule is CC#CCC(C)C/C=C/C1CCC[C@H]1O.CCC(C)CCCC(=O)O. The molecule has 2 N–H and O–H groups in total. The minimum atomic E-state index is -0.677. The van der Waals surface area contributed by atoms with Crippen LogP contribution in [0.2, 0.25) is 0 Å². The zero-order valence-electron chi connectivity index (χ0n) is 16.6. The van der Waals surface area contributed by atoms with Crippen molar-refractivity contribution in [2.24, 2.45) is 17.8 Å². The van der Waals surface area contributed by atoms with Gasteiger partial charge in [0.15, 0.2) is 0 Å². The van der Waals surface area contributed by atoms with Gasteiger partial charge in [0, 0.05) is 18.8 Å². The summed E-state index contributed by atoms with van der Waals surface area (Å²) in [4.78, 5) is 10.1. The topological polar surface area (TPSA) is 57.5 Å². The first-order chi connectivity index (χ1) is 11.9. The molecular weight excluding hydrogens is 312 g/mol. The third-order valence-electron chi connectivity index (χ3n) is 4.87. The number of carboxylic acids is 1. The molecule has 3 unspecified atom stereocenters. The summed E-state index contributed by atoms with van der Waals surface area (Å²) in [6.45, 7) is 8.39. The van der Waals surface area contributed by atoms with Crippen LogP contribution < -0.4 is 0 Å². The maximum absolute atomic E-state index is 10.1. The molecule has 144 valence electrons. The summed E-state index contributed by atoms with van der Waals surface area (Å²) in [7, 11) is 0. The van der Waals surface area contributed by atoms with E-state index < -0.39 is 5.97 Å². The minimum Gasteiger partial charge on any atom is -0.481 e. The highest BCUT2D eigenvalue weighted by atomic mass is 16.4. The second-order valence-electron chi connectivity index (χ2n) is 7.36. The zero-order valence-corrected chi connectivity index (χ0v) is 16.6. The van der Waals surface area contributed by atoms with Crippen LogP contribution in [0, 0.1) is 29.6 Å². The van der Waals surface area contributed by atoms with Gasteiger partial charge in [0.1, 0.15) is 0 Å². The highest BCUT2D eigenvalue weighted by Gasteiger charge is 2.22. The van der Waals surface area contributed by atoms with Crippen LogP contribution in [-0.2, 0) is 4.79 Å². The first-order valence-electron chi connectivity index (χ1n) is 9.86. The van der Waals surface area contributed by atoms with Crippen LogP contribution in [0.5, 0.6) is 0 Å². The Kier molecular flexibility index (Phi) is 14.3. The Morgan fingerprint density at radius 2 is 2.00 bits per heavy atom. The Bertz CT molecular complexity index is 430. The number of aliphatic hydroxyl groups is 1. The molecule has 1 saturated carbocycles. The van der Waals surface area contributed by atoms with Crippen LogP contribution in [-0.4, -0.2) is 22.3 Å². The molecule has 1 rings (SSSR count). The van der Waals surface area contributed by atoms with Crippen molar-refractivity contribution in [3.8, 4) is 11.8 Å². The molecule has 0 spiro atoms. The lowest BCUT2D eigenvalue weighted by atomic mass is 10.0. The number of hydrogen-bond acceptors (Lipinski definition) is 2. The largest absolute Gasteiger partial charge is 0.481 e. The lowest BCUT2D eigenvalue weighted by molar-refractivity contribution is -0.137. The highest BCUT2D eigenvalue weighted by Crippen LogP contribution is 2.26. The number of aliphatic hydroxyl groups excluding tert-OH is 1. The van der Waals surface area contributed by atoms with E-state index in [9.17, 15) is 9.90 Å². The molecule has 4 atom stereocenters. The third kappa shape index (κ3) is 13.7. The molecule has 0 heterocycles. The Morgan fingerprint density at radius 1 is 1.28 bits per heavy atom. The van der Waals surface area contributed by atoms with Gasteiger partial charge < -0.3 is 10.2 Å². The molecule has 0 bridgehead atoms. The minimum absolute atomic E-state index is 0.0908. The summed E-state index contributed by atoms with van der Waals surface area (Å²) in [6.07, 6.45) is 13.0. The van der Waals surface area contributed by atoms with E-state index in [0.29, 0.717) is 24.2 Å². The van der Waals surface area contributed by atoms with Crippen molar-refractivity contribution in [2.45, 2.75) is 91.6 Å². The van der Waals surface area contributed by atoms with E-state index in [4.69, 9.17) is 5.11 Å². The van der Waals surface area contributed by atoms with Gasteiger partial charge in [0.05, 0.1) is 6.10 Å². The van der Waals surface area contributed by atoms with Crippen molar-refractivity contribution in [1.82, 2.24) is 0 Å². The summed E-state index contributed by atoms with van der Waals surface area (Å²) in [5.74, 6) is 7.07. The number of hydrogen-bond donors (Lipinski definition) is 2. The van der Waals surface area contributed by atoms with Gasteiger partial charge in [-0.15, -0.1) is 11.8 Å². The smallest absolute Gasteiger partial charge is 0.303 e. The Balaban J connectivity index is 0.000000504. The van der Waals surface area contributed by atoms with Crippen LogP contribution in [0.3, 0.4) is 0 Å². The molecule has 0 aromatic rings. The van der Waals surface area contributed by atoms with E-state index in [1.54, 1.807) is 0 Å². The first-order valence-corrected chi connectivity index (χ1v) is 9.86. The van der Waals surface area contributed by atoms with Crippen LogP contribution in [0.25, 0.3) is 0 Å². The second kappa shape index (κ2) is 15.0. The fourth-order valence-electron chi connectivity index (χ4n) is 2.84. The fraction of sp³-hybridized carbons (Fsp3) is 0.773. The monoisotopic (exact) mass is 350 g/mol. The van der Waals surface area contributed by atoms with Gasteiger partial charge in [-0.05, 0) is 44.4 Å². The average Bonchev–Trinajstić information content (AvgIpc) is 2.98. The van der Waals surface area contributed by atoms with Gasteiger partial charge >= 0.3 is 5.97 Å². The van der Waals surface area contributed by atoms with E-state index >= 15 is 0 Å². The summed E-state index contributed by atoms with van der Waals surface area (Å²) >= 11 is 0.